The van der Waals surface area contributed by atoms with Crippen molar-refractivity contribution < 1.29 is 24.3 Å². The van der Waals surface area contributed by atoms with E-state index in [4.69, 9.17) is 5.73 Å². The molecule has 0 bridgehead atoms. The Bertz CT molecular complexity index is 835. The van der Waals surface area contributed by atoms with E-state index in [1.165, 1.54) is 4.90 Å². The van der Waals surface area contributed by atoms with E-state index in [0.717, 1.165) is 5.56 Å². The summed E-state index contributed by atoms with van der Waals surface area (Å²) in [5.74, 6) is -2.27. The Kier molecular flexibility index (Phi) is 10.2. The average molecular weight is 479 g/mol. The molecule has 1 aromatic rings. The second-order valence-electron chi connectivity index (χ2n) is 8.76. The number of nitrogens with zero attached hydrogens (tertiary/aromatic N) is 1. The predicted molar refractivity (Wildman–Crippen MR) is 128 cm³/mol. The lowest BCUT2D eigenvalue weighted by atomic mass is 10.0. The monoisotopic (exact) mass is 478 g/mol. The second-order valence-corrected chi connectivity index (χ2v) is 9.12. The van der Waals surface area contributed by atoms with Crippen LogP contribution in [0.5, 0.6) is 0 Å². The molecule has 1 saturated heterocycles. The van der Waals surface area contributed by atoms with E-state index >= 15 is 0 Å². The van der Waals surface area contributed by atoms with Crippen molar-refractivity contribution in [1.82, 2.24) is 15.5 Å². The Morgan fingerprint density at radius 1 is 1.15 bits per heavy atom. The maximum atomic E-state index is 13.1. The summed E-state index contributed by atoms with van der Waals surface area (Å²) in [6, 6.07) is 5.41. The first kappa shape index (κ1) is 26.7. The van der Waals surface area contributed by atoms with E-state index in [9.17, 15) is 24.3 Å². The highest BCUT2D eigenvalue weighted by Crippen LogP contribution is 2.19. The van der Waals surface area contributed by atoms with Crippen LogP contribution >= 0.6 is 12.6 Å². The van der Waals surface area contributed by atoms with Gasteiger partial charge in [-0.15, -0.1) is 0 Å². The fraction of sp³-hybridized carbons (Fsp3) is 0.565. The smallest absolute Gasteiger partial charge is 0.326 e. The number of thiol groups is 1. The highest BCUT2D eigenvalue weighted by atomic mass is 32.1. The van der Waals surface area contributed by atoms with Crippen LogP contribution < -0.4 is 16.4 Å². The molecule has 182 valence electrons. The molecule has 5 N–H and O–H groups in total. The van der Waals surface area contributed by atoms with Gasteiger partial charge in [0.1, 0.15) is 18.1 Å². The molecule has 1 aliphatic heterocycles. The fourth-order valence-electron chi connectivity index (χ4n) is 3.90. The second kappa shape index (κ2) is 12.6. The van der Waals surface area contributed by atoms with E-state index in [2.05, 4.69) is 23.3 Å². The van der Waals surface area contributed by atoms with Crippen molar-refractivity contribution in [2.75, 3.05) is 12.3 Å². The van der Waals surface area contributed by atoms with Gasteiger partial charge in [0.25, 0.3) is 0 Å². The van der Waals surface area contributed by atoms with Crippen molar-refractivity contribution in [3.05, 3.63) is 35.9 Å². The molecule has 9 nitrogen and oxygen atoms in total. The van der Waals surface area contributed by atoms with Crippen LogP contribution in [0.4, 0.5) is 0 Å². The van der Waals surface area contributed by atoms with Crippen LogP contribution in [-0.2, 0) is 25.6 Å². The maximum Gasteiger partial charge on any atom is 0.326 e. The number of likely N-dealkylation sites (tertiary alicyclic amines) is 1. The first-order chi connectivity index (χ1) is 15.6. The zero-order valence-corrected chi connectivity index (χ0v) is 20.0. The van der Waals surface area contributed by atoms with Gasteiger partial charge in [-0.05, 0) is 30.7 Å². The molecule has 1 aromatic carbocycles. The molecule has 0 aliphatic carbocycles. The molecule has 0 aromatic heterocycles. The molecule has 3 amide bonds. The number of hydrogen-bond donors (Lipinski definition) is 5. The van der Waals surface area contributed by atoms with E-state index in [1.54, 1.807) is 24.3 Å². The minimum absolute atomic E-state index is 0.0512. The number of carbonyl (C=O) groups is 4. The highest BCUT2D eigenvalue weighted by molar-refractivity contribution is 7.80. The number of carbonyl (C=O) groups excluding carboxylic acids is 3. The Labute approximate surface area is 199 Å². The predicted octanol–water partition coefficient (Wildman–Crippen LogP) is 0.578. The molecular weight excluding hydrogens is 444 g/mol. The molecule has 4 atom stereocenters. The molecule has 1 fully saturated rings. The zero-order chi connectivity index (χ0) is 24.5. The Hall–Kier alpha value is -2.59. The number of aliphatic carboxylic acids is 1. The van der Waals surface area contributed by atoms with Crippen molar-refractivity contribution in [2.24, 2.45) is 11.7 Å². The molecule has 0 spiro atoms. The fourth-order valence-corrected chi connectivity index (χ4v) is 4.15. The third-order valence-corrected chi connectivity index (χ3v) is 5.96. The molecule has 1 aliphatic rings. The van der Waals surface area contributed by atoms with Gasteiger partial charge in [0, 0.05) is 18.7 Å². The van der Waals surface area contributed by atoms with Gasteiger partial charge in [-0.1, -0.05) is 44.2 Å². The number of hydrogen-bond acceptors (Lipinski definition) is 6. The number of amides is 3. The van der Waals surface area contributed by atoms with E-state index in [-0.39, 0.29) is 18.1 Å². The summed E-state index contributed by atoms with van der Waals surface area (Å²) in [6.07, 6.45) is 1.62. The summed E-state index contributed by atoms with van der Waals surface area (Å²) in [6.45, 7) is 4.24. The van der Waals surface area contributed by atoms with E-state index in [1.807, 2.05) is 19.9 Å². The Morgan fingerprint density at radius 3 is 2.39 bits per heavy atom. The quantitative estimate of drug-likeness (QED) is 0.295. The minimum Gasteiger partial charge on any atom is -0.480 e. The van der Waals surface area contributed by atoms with Crippen LogP contribution in [0.2, 0.25) is 0 Å². The number of nitrogens with two attached hydrogens (primary N) is 1. The zero-order valence-electron chi connectivity index (χ0n) is 19.1. The maximum absolute atomic E-state index is 13.1. The third kappa shape index (κ3) is 7.75. The van der Waals surface area contributed by atoms with Gasteiger partial charge in [-0.3, -0.25) is 14.4 Å². The average Bonchev–Trinajstić information content (AvgIpc) is 3.26. The molecule has 1 heterocycles. The number of carboxylic acid groups (broad SMARTS) is 1. The number of benzene rings is 1. The summed E-state index contributed by atoms with van der Waals surface area (Å²) in [5.41, 5.74) is 6.69. The number of rotatable bonds is 11. The lowest BCUT2D eigenvalue weighted by Gasteiger charge is -2.29. The third-order valence-electron chi connectivity index (χ3n) is 5.60. The van der Waals surface area contributed by atoms with Gasteiger partial charge in [0.05, 0.1) is 6.04 Å². The summed E-state index contributed by atoms with van der Waals surface area (Å²) in [5, 5.41) is 14.8. The van der Waals surface area contributed by atoms with Crippen molar-refractivity contribution in [3.63, 3.8) is 0 Å². The summed E-state index contributed by atoms with van der Waals surface area (Å²) in [4.78, 5) is 51.5. The number of nitrogens with one attached hydrogen (secondary N) is 2. The first-order valence-electron chi connectivity index (χ1n) is 11.2. The Balaban J connectivity index is 2.04. The normalized spacial score (nSPS) is 18.5. The molecule has 4 unspecified atom stereocenters. The summed E-state index contributed by atoms with van der Waals surface area (Å²) < 4.78 is 0. The van der Waals surface area contributed by atoms with Gasteiger partial charge < -0.3 is 26.4 Å². The van der Waals surface area contributed by atoms with Gasteiger partial charge >= 0.3 is 5.97 Å². The largest absolute Gasteiger partial charge is 0.480 e. The van der Waals surface area contributed by atoms with Crippen molar-refractivity contribution in [3.8, 4) is 0 Å². The molecule has 0 radical (unpaired) electrons. The molecular formula is C23H34N4O5S. The molecule has 10 heteroatoms. The highest BCUT2D eigenvalue weighted by Gasteiger charge is 2.38. The van der Waals surface area contributed by atoms with Crippen molar-refractivity contribution >= 4 is 36.3 Å². The van der Waals surface area contributed by atoms with Gasteiger partial charge in [0.2, 0.25) is 17.7 Å². The van der Waals surface area contributed by atoms with Crippen molar-refractivity contribution in [2.45, 2.75) is 63.7 Å². The lowest BCUT2D eigenvalue weighted by Crippen LogP contribution is -2.57. The Morgan fingerprint density at radius 2 is 1.82 bits per heavy atom. The summed E-state index contributed by atoms with van der Waals surface area (Å²) in [7, 11) is 0. The molecule has 33 heavy (non-hydrogen) atoms. The lowest BCUT2D eigenvalue weighted by molar-refractivity contribution is -0.144. The summed E-state index contributed by atoms with van der Waals surface area (Å²) >= 11 is 4.20. The van der Waals surface area contributed by atoms with Crippen LogP contribution in [0.3, 0.4) is 0 Å². The van der Waals surface area contributed by atoms with Crippen LogP contribution in [0, 0.1) is 5.92 Å². The van der Waals surface area contributed by atoms with Crippen LogP contribution in [0.25, 0.3) is 0 Å². The SMILES string of the molecule is CC(C)CC(N)C(=O)NC(CS)C(=O)N1CCCC1C(=O)NC(Cc1ccccc1)C(=O)O. The minimum atomic E-state index is -1.15. The van der Waals surface area contributed by atoms with Gasteiger partial charge in [0.15, 0.2) is 0 Å². The van der Waals surface area contributed by atoms with Gasteiger partial charge in [-0.25, -0.2) is 4.79 Å². The van der Waals surface area contributed by atoms with Crippen LogP contribution in [0.1, 0.15) is 38.7 Å². The standard InChI is InChI=1S/C23H34N4O5S/c1-14(2)11-16(24)20(28)26-18(13-33)22(30)27-10-6-9-19(27)21(29)25-17(23(31)32)12-15-7-4-3-5-8-15/h3-5,7-8,14,16-19,33H,6,9-13,24H2,1-2H3,(H,25,29)(H,26,28)(H,31,32). The molecule has 0 saturated carbocycles. The first-order valence-corrected chi connectivity index (χ1v) is 11.8. The van der Waals surface area contributed by atoms with E-state index < -0.39 is 47.9 Å². The molecule has 2 rings (SSSR count). The van der Waals surface area contributed by atoms with Crippen molar-refractivity contribution in [1.29, 1.82) is 0 Å². The number of carboxylic acids is 1. The van der Waals surface area contributed by atoms with Gasteiger partial charge in [-0.2, -0.15) is 12.6 Å². The van der Waals surface area contributed by atoms with Crippen LogP contribution in [0.15, 0.2) is 30.3 Å². The topological polar surface area (TPSA) is 142 Å². The van der Waals surface area contributed by atoms with Crippen LogP contribution in [-0.4, -0.2) is 70.2 Å². The van der Waals surface area contributed by atoms with E-state index in [0.29, 0.717) is 25.8 Å².